The van der Waals surface area contributed by atoms with E-state index >= 15 is 0 Å². The maximum Gasteiger partial charge on any atom is 0.266 e. The summed E-state index contributed by atoms with van der Waals surface area (Å²) in [6.07, 6.45) is -0.359. The first-order valence-electron chi connectivity index (χ1n) is 8.90. The molecule has 28 heavy (non-hydrogen) atoms. The van der Waals surface area contributed by atoms with Crippen LogP contribution < -0.4 is 10.6 Å². The highest BCUT2D eigenvalue weighted by Crippen LogP contribution is 2.32. The Hall–Kier alpha value is -3.05. The highest BCUT2D eigenvalue weighted by Gasteiger charge is 2.42. The quantitative estimate of drug-likeness (QED) is 0.751. The fourth-order valence-corrected chi connectivity index (χ4v) is 3.46. The van der Waals surface area contributed by atoms with Crippen LogP contribution in [-0.2, 0) is 6.54 Å². The third-order valence-electron chi connectivity index (χ3n) is 5.07. The molecule has 2 N–H and O–H groups in total. The molecule has 0 radical (unpaired) electrons. The maximum atomic E-state index is 13.9. The molecule has 5 nitrogen and oxygen atoms in total. The van der Waals surface area contributed by atoms with Gasteiger partial charge in [-0.3, -0.25) is 0 Å². The Morgan fingerprint density at radius 3 is 2.64 bits per heavy atom. The second-order valence-corrected chi connectivity index (χ2v) is 7.00. The van der Waals surface area contributed by atoms with Crippen LogP contribution in [0.4, 0.5) is 19.1 Å². The minimum absolute atomic E-state index is 0.0355. The molecular formula is C20H18F3N5. The molecule has 1 aliphatic rings. The normalized spacial score (nSPS) is 19.0. The van der Waals surface area contributed by atoms with Gasteiger partial charge in [0.15, 0.2) is 0 Å². The van der Waals surface area contributed by atoms with E-state index in [2.05, 4.69) is 11.1 Å². The van der Waals surface area contributed by atoms with Crippen molar-refractivity contribution in [2.75, 3.05) is 18.0 Å². The van der Waals surface area contributed by atoms with Crippen LogP contribution in [0.1, 0.15) is 17.5 Å². The first kappa shape index (κ1) is 18.3. The van der Waals surface area contributed by atoms with Gasteiger partial charge in [-0.2, -0.15) is 5.26 Å². The van der Waals surface area contributed by atoms with E-state index in [0.717, 1.165) is 5.56 Å². The second-order valence-electron chi connectivity index (χ2n) is 7.00. The Morgan fingerprint density at radius 2 is 1.96 bits per heavy atom. The average Bonchev–Trinajstić information content (AvgIpc) is 3.02. The van der Waals surface area contributed by atoms with E-state index in [-0.39, 0.29) is 19.5 Å². The summed E-state index contributed by atoms with van der Waals surface area (Å²) in [4.78, 5) is 6.28. The highest BCUT2D eigenvalue weighted by molar-refractivity contribution is 5.79. The van der Waals surface area contributed by atoms with Gasteiger partial charge >= 0.3 is 0 Å². The van der Waals surface area contributed by atoms with Crippen LogP contribution in [-0.4, -0.2) is 34.6 Å². The molecule has 144 valence electrons. The van der Waals surface area contributed by atoms with Crippen LogP contribution in [0.5, 0.6) is 0 Å². The summed E-state index contributed by atoms with van der Waals surface area (Å²) < 4.78 is 43.3. The molecule has 2 aromatic carbocycles. The summed E-state index contributed by atoms with van der Waals surface area (Å²) >= 11 is 0. The van der Waals surface area contributed by atoms with Gasteiger partial charge < -0.3 is 15.2 Å². The Balaban J connectivity index is 1.75. The van der Waals surface area contributed by atoms with Gasteiger partial charge in [-0.15, -0.1) is 0 Å². The van der Waals surface area contributed by atoms with E-state index in [4.69, 9.17) is 11.0 Å². The lowest BCUT2D eigenvalue weighted by atomic mass is 10.0. The minimum atomic E-state index is -2.91. The minimum Gasteiger partial charge on any atom is -0.340 e. The number of imidazole rings is 1. The molecule has 2 heterocycles. The average molecular weight is 385 g/mol. The van der Waals surface area contributed by atoms with Crippen molar-refractivity contribution >= 4 is 17.0 Å². The number of aromatic nitrogens is 2. The number of hydrogen-bond acceptors (Lipinski definition) is 4. The van der Waals surface area contributed by atoms with Gasteiger partial charge in [0, 0.05) is 19.5 Å². The van der Waals surface area contributed by atoms with E-state index < -0.39 is 17.8 Å². The zero-order valence-corrected chi connectivity index (χ0v) is 14.9. The van der Waals surface area contributed by atoms with Crippen molar-refractivity contribution in [1.29, 1.82) is 5.26 Å². The van der Waals surface area contributed by atoms with Crippen LogP contribution >= 0.6 is 0 Å². The predicted molar refractivity (Wildman–Crippen MR) is 99.7 cm³/mol. The van der Waals surface area contributed by atoms with Crippen LogP contribution in [0.25, 0.3) is 11.0 Å². The van der Waals surface area contributed by atoms with Crippen molar-refractivity contribution in [3.63, 3.8) is 0 Å². The highest BCUT2D eigenvalue weighted by atomic mass is 19.3. The monoisotopic (exact) mass is 385 g/mol. The van der Waals surface area contributed by atoms with Gasteiger partial charge in [0.05, 0.1) is 35.3 Å². The van der Waals surface area contributed by atoms with Gasteiger partial charge in [-0.25, -0.2) is 18.2 Å². The number of hydrogen-bond donors (Lipinski definition) is 1. The number of alkyl halides is 2. The molecular weight excluding hydrogens is 367 g/mol. The summed E-state index contributed by atoms with van der Waals surface area (Å²) in [7, 11) is 0. The zero-order valence-electron chi connectivity index (χ0n) is 14.9. The van der Waals surface area contributed by atoms with Gasteiger partial charge in [0.25, 0.3) is 5.92 Å². The summed E-state index contributed by atoms with van der Waals surface area (Å²) in [6.45, 7) is 0.440. The molecule has 1 aromatic heterocycles. The number of nitriles is 1. The molecule has 0 bridgehead atoms. The molecule has 1 saturated heterocycles. The molecule has 8 heteroatoms. The van der Waals surface area contributed by atoms with Crippen molar-refractivity contribution in [3.8, 4) is 6.07 Å². The topological polar surface area (TPSA) is 70.9 Å². The maximum absolute atomic E-state index is 13.9. The Kier molecular flexibility index (Phi) is 4.47. The summed E-state index contributed by atoms with van der Waals surface area (Å²) in [5.74, 6) is -2.83. The third kappa shape index (κ3) is 3.29. The SMILES string of the molecule is N#Cc1ccc(Cn2c(N3CCC(F)(F)[C@H](N)C3)nc3ccc(F)cc32)cc1. The van der Waals surface area contributed by atoms with E-state index in [9.17, 15) is 13.2 Å². The van der Waals surface area contributed by atoms with Crippen molar-refractivity contribution in [2.45, 2.75) is 24.9 Å². The molecule has 0 unspecified atom stereocenters. The van der Waals surface area contributed by atoms with E-state index in [0.29, 0.717) is 29.1 Å². The predicted octanol–water partition coefficient (Wildman–Crippen LogP) is 3.27. The van der Waals surface area contributed by atoms with Crippen molar-refractivity contribution < 1.29 is 13.2 Å². The lowest BCUT2D eigenvalue weighted by molar-refractivity contribution is -0.0395. The summed E-state index contributed by atoms with van der Waals surface area (Å²) in [6, 6.07) is 12.1. The van der Waals surface area contributed by atoms with Crippen molar-refractivity contribution in [1.82, 2.24) is 9.55 Å². The van der Waals surface area contributed by atoms with Crippen LogP contribution in [0.15, 0.2) is 42.5 Å². The molecule has 0 amide bonds. The van der Waals surface area contributed by atoms with Crippen LogP contribution in [0, 0.1) is 17.1 Å². The molecule has 0 aliphatic carbocycles. The van der Waals surface area contributed by atoms with E-state index in [1.54, 1.807) is 27.7 Å². The Morgan fingerprint density at radius 1 is 1.21 bits per heavy atom. The summed E-state index contributed by atoms with van der Waals surface area (Å²) in [5.41, 5.74) is 8.25. The molecule has 4 rings (SSSR count). The number of nitrogens with zero attached hydrogens (tertiary/aromatic N) is 4. The number of anilines is 1. The lowest BCUT2D eigenvalue weighted by Gasteiger charge is -2.37. The first-order valence-corrected chi connectivity index (χ1v) is 8.90. The van der Waals surface area contributed by atoms with Crippen LogP contribution in [0.2, 0.25) is 0 Å². The van der Waals surface area contributed by atoms with Gasteiger partial charge in [0.1, 0.15) is 5.82 Å². The van der Waals surface area contributed by atoms with Crippen molar-refractivity contribution in [2.24, 2.45) is 5.73 Å². The number of benzene rings is 2. The molecule has 1 aliphatic heterocycles. The number of rotatable bonds is 3. The molecule has 1 fully saturated rings. The van der Waals surface area contributed by atoms with Gasteiger partial charge in [-0.05, 0) is 35.9 Å². The number of halogens is 3. The first-order chi connectivity index (χ1) is 13.4. The molecule has 0 spiro atoms. The molecule has 0 saturated carbocycles. The van der Waals surface area contributed by atoms with Gasteiger partial charge in [0.2, 0.25) is 5.95 Å². The zero-order chi connectivity index (χ0) is 19.9. The second kappa shape index (κ2) is 6.84. The number of nitrogens with two attached hydrogens (primary N) is 1. The molecule has 1 atom stereocenters. The molecule has 3 aromatic rings. The summed E-state index contributed by atoms with van der Waals surface area (Å²) in [5, 5.41) is 8.95. The standard InChI is InChI=1S/C20H18F3N5/c21-15-5-6-16-17(9-15)28(11-14-3-1-13(10-24)2-4-14)19(26-16)27-8-7-20(22,23)18(25)12-27/h1-6,9,18H,7-8,11-12,25H2/t18-/m1/s1. The lowest BCUT2D eigenvalue weighted by Crippen LogP contribution is -2.55. The third-order valence-corrected chi connectivity index (χ3v) is 5.07. The largest absolute Gasteiger partial charge is 0.340 e. The van der Waals surface area contributed by atoms with Crippen LogP contribution in [0.3, 0.4) is 0 Å². The van der Waals surface area contributed by atoms with E-state index in [1.165, 1.54) is 12.1 Å². The number of fused-ring (bicyclic) bond motifs is 1. The van der Waals surface area contributed by atoms with Crippen molar-refractivity contribution in [3.05, 3.63) is 59.4 Å². The Labute approximate surface area is 159 Å². The smallest absolute Gasteiger partial charge is 0.266 e. The van der Waals surface area contributed by atoms with E-state index in [1.807, 2.05) is 12.1 Å². The fourth-order valence-electron chi connectivity index (χ4n) is 3.46. The number of piperidine rings is 1. The van der Waals surface area contributed by atoms with Gasteiger partial charge in [-0.1, -0.05) is 12.1 Å². The fraction of sp³-hybridized carbons (Fsp3) is 0.300. The Bertz CT molecular complexity index is 1050.